The Morgan fingerprint density at radius 2 is 1.84 bits per heavy atom. The van der Waals surface area contributed by atoms with E-state index in [1.165, 1.54) is 10.7 Å². The maximum absolute atomic E-state index is 12.7. The molecule has 170 valence electrons. The van der Waals surface area contributed by atoms with Crippen molar-refractivity contribution < 1.29 is 13.5 Å². The Labute approximate surface area is 190 Å². The maximum atomic E-state index is 12.7. The zero-order chi connectivity index (χ0) is 22.3. The van der Waals surface area contributed by atoms with Crippen molar-refractivity contribution in [2.75, 3.05) is 24.9 Å². The number of anilines is 1. The van der Waals surface area contributed by atoms with Crippen LogP contribution >= 0.6 is 11.6 Å². The van der Waals surface area contributed by atoms with E-state index in [4.69, 9.17) is 11.6 Å². The van der Waals surface area contributed by atoms with Crippen molar-refractivity contribution >= 4 is 27.5 Å². The number of benzene rings is 2. The molecule has 0 aliphatic heterocycles. The third-order valence-electron chi connectivity index (χ3n) is 5.83. The zero-order valence-electron chi connectivity index (χ0n) is 17.9. The molecular formula is C23H32ClN3O3S. The summed E-state index contributed by atoms with van der Waals surface area (Å²) >= 11 is 5.96. The van der Waals surface area contributed by atoms with Gasteiger partial charge in [0, 0.05) is 30.3 Å². The Morgan fingerprint density at radius 3 is 2.52 bits per heavy atom. The average Bonchev–Trinajstić information content (AvgIpc) is 2.77. The van der Waals surface area contributed by atoms with Crippen LogP contribution in [0.15, 0.2) is 48.5 Å². The lowest BCUT2D eigenvalue weighted by Gasteiger charge is -2.30. The Bertz CT molecular complexity index is 931. The molecule has 3 rings (SSSR count). The fourth-order valence-corrected chi connectivity index (χ4v) is 5.28. The highest BCUT2D eigenvalue weighted by atomic mass is 35.5. The highest BCUT2D eigenvalue weighted by Gasteiger charge is 2.27. The monoisotopic (exact) mass is 465 g/mol. The van der Waals surface area contributed by atoms with E-state index in [0.29, 0.717) is 23.8 Å². The zero-order valence-corrected chi connectivity index (χ0v) is 19.5. The van der Waals surface area contributed by atoms with Crippen molar-refractivity contribution in [2.45, 2.75) is 50.7 Å². The second-order valence-corrected chi connectivity index (χ2v) is 10.3. The van der Waals surface area contributed by atoms with Crippen molar-refractivity contribution in [2.24, 2.45) is 0 Å². The third-order valence-corrected chi connectivity index (χ3v) is 7.62. The van der Waals surface area contributed by atoms with Crippen molar-refractivity contribution in [3.05, 3.63) is 64.7 Å². The molecule has 1 atom stereocenters. The van der Waals surface area contributed by atoms with Crippen LogP contribution < -0.4 is 10.0 Å². The molecule has 0 bridgehead atoms. The van der Waals surface area contributed by atoms with E-state index in [1.807, 2.05) is 24.3 Å². The van der Waals surface area contributed by atoms with Crippen LogP contribution in [-0.4, -0.2) is 44.0 Å². The van der Waals surface area contributed by atoms with Gasteiger partial charge in [-0.15, -0.1) is 0 Å². The van der Waals surface area contributed by atoms with E-state index in [9.17, 15) is 13.5 Å². The molecule has 0 amide bonds. The van der Waals surface area contributed by atoms with Crippen molar-refractivity contribution in [3.63, 3.8) is 0 Å². The predicted molar refractivity (Wildman–Crippen MR) is 127 cm³/mol. The van der Waals surface area contributed by atoms with Gasteiger partial charge < -0.3 is 10.4 Å². The van der Waals surface area contributed by atoms with E-state index < -0.39 is 16.3 Å². The number of aliphatic hydroxyl groups is 1. The van der Waals surface area contributed by atoms with Gasteiger partial charge in [0.1, 0.15) is 0 Å². The molecule has 1 fully saturated rings. The first kappa shape index (κ1) is 24.0. The molecule has 0 aromatic heterocycles. The van der Waals surface area contributed by atoms with Gasteiger partial charge in [0.2, 0.25) is 0 Å². The van der Waals surface area contributed by atoms with Gasteiger partial charge in [0.05, 0.1) is 6.10 Å². The number of hydrogen-bond donors (Lipinski definition) is 3. The minimum atomic E-state index is -3.55. The fraction of sp³-hybridized carbons (Fsp3) is 0.478. The number of rotatable bonds is 10. The van der Waals surface area contributed by atoms with Crippen LogP contribution in [0.2, 0.25) is 5.02 Å². The van der Waals surface area contributed by atoms with E-state index in [-0.39, 0.29) is 6.04 Å². The van der Waals surface area contributed by atoms with Crippen molar-refractivity contribution in [1.29, 1.82) is 0 Å². The summed E-state index contributed by atoms with van der Waals surface area (Å²) in [5.74, 6) is 0. The average molecular weight is 466 g/mol. The van der Waals surface area contributed by atoms with Crippen LogP contribution in [0.3, 0.4) is 0 Å². The van der Waals surface area contributed by atoms with E-state index in [1.54, 1.807) is 31.3 Å². The summed E-state index contributed by atoms with van der Waals surface area (Å²) in [7, 11) is -1.89. The summed E-state index contributed by atoms with van der Waals surface area (Å²) < 4.78 is 29.5. The molecule has 1 aliphatic carbocycles. The Kier molecular flexibility index (Phi) is 8.75. The fourth-order valence-electron chi connectivity index (χ4n) is 3.90. The summed E-state index contributed by atoms with van der Waals surface area (Å²) in [4.78, 5) is 0. The number of nitrogens with one attached hydrogen (secondary N) is 2. The number of halogens is 1. The first-order valence-corrected chi connectivity index (χ1v) is 12.7. The second kappa shape index (κ2) is 11.3. The predicted octanol–water partition coefficient (Wildman–Crippen LogP) is 4.13. The topological polar surface area (TPSA) is 81.7 Å². The Hall–Kier alpha value is -1.64. The molecule has 6 nitrogen and oxygen atoms in total. The van der Waals surface area contributed by atoms with Crippen molar-refractivity contribution in [3.8, 4) is 0 Å². The van der Waals surface area contributed by atoms with Gasteiger partial charge in [-0.05, 0) is 61.2 Å². The number of hydrogen-bond acceptors (Lipinski definition) is 4. The maximum Gasteiger partial charge on any atom is 0.301 e. The molecule has 8 heteroatoms. The molecule has 3 N–H and O–H groups in total. The van der Waals surface area contributed by atoms with E-state index in [2.05, 4.69) is 10.0 Å². The standard InChI is InChI=1S/C23H32ClN3O3S/c1-27(22-8-3-2-4-9-22)31(29,30)26-21-12-10-18(11-13-21)14-15-25-17-23(28)19-6-5-7-20(24)16-19/h5-7,10-13,16,22-23,25-26,28H,2-4,8-9,14-15,17H2,1H3. The first-order valence-electron chi connectivity index (χ1n) is 10.8. The smallest absolute Gasteiger partial charge is 0.301 e. The SMILES string of the molecule is CN(C1CCCCC1)S(=O)(=O)Nc1ccc(CCNCC(O)c2cccc(Cl)c2)cc1. The molecule has 0 radical (unpaired) electrons. The molecule has 0 heterocycles. The molecular weight excluding hydrogens is 434 g/mol. The molecule has 1 unspecified atom stereocenters. The van der Waals surface area contributed by atoms with Crippen LogP contribution in [0.25, 0.3) is 0 Å². The first-order chi connectivity index (χ1) is 14.8. The molecule has 0 spiro atoms. The Morgan fingerprint density at radius 1 is 1.13 bits per heavy atom. The van der Waals surface area contributed by atoms with Gasteiger partial charge in [0.25, 0.3) is 0 Å². The molecule has 31 heavy (non-hydrogen) atoms. The van der Waals surface area contributed by atoms with Gasteiger partial charge in [-0.2, -0.15) is 12.7 Å². The normalized spacial score (nSPS) is 16.4. The van der Waals surface area contributed by atoms with Gasteiger partial charge in [0.15, 0.2) is 0 Å². The molecule has 2 aromatic carbocycles. The van der Waals surface area contributed by atoms with Gasteiger partial charge in [-0.1, -0.05) is 55.1 Å². The highest BCUT2D eigenvalue weighted by molar-refractivity contribution is 7.90. The largest absolute Gasteiger partial charge is 0.387 e. The number of nitrogens with zero attached hydrogens (tertiary/aromatic N) is 1. The lowest BCUT2D eigenvalue weighted by Crippen LogP contribution is -2.41. The van der Waals surface area contributed by atoms with Crippen LogP contribution in [0.4, 0.5) is 5.69 Å². The summed E-state index contributed by atoms with van der Waals surface area (Å²) in [5, 5.41) is 14.1. The third kappa shape index (κ3) is 7.19. The molecule has 2 aromatic rings. The number of aliphatic hydroxyl groups excluding tert-OH is 1. The van der Waals surface area contributed by atoms with Crippen LogP contribution in [0.1, 0.15) is 49.3 Å². The van der Waals surface area contributed by atoms with Crippen molar-refractivity contribution in [1.82, 2.24) is 9.62 Å². The summed E-state index contributed by atoms with van der Waals surface area (Å²) in [5.41, 5.74) is 2.44. The minimum absolute atomic E-state index is 0.0823. The second-order valence-electron chi connectivity index (χ2n) is 8.14. The van der Waals surface area contributed by atoms with Crippen LogP contribution in [0, 0.1) is 0 Å². The summed E-state index contributed by atoms with van der Waals surface area (Å²) in [6, 6.07) is 14.7. The molecule has 1 saturated carbocycles. The lowest BCUT2D eigenvalue weighted by molar-refractivity contribution is 0.175. The van der Waals surface area contributed by atoms with Gasteiger partial charge in [-0.25, -0.2) is 0 Å². The summed E-state index contributed by atoms with van der Waals surface area (Å²) in [6.45, 7) is 1.14. The van der Waals surface area contributed by atoms with E-state index in [0.717, 1.165) is 43.2 Å². The van der Waals surface area contributed by atoms with E-state index >= 15 is 0 Å². The Balaban J connectivity index is 1.44. The molecule has 0 saturated heterocycles. The summed E-state index contributed by atoms with van der Waals surface area (Å²) in [6.07, 6.45) is 5.37. The quantitative estimate of drug-likeness (QED) is 0.461. The van der Waals surface area contributed by atoms with Crippen LogP contribution in [0.5, 0.6) is 0 Å². The minimum Gasteiger partial charge on any atom is -0.387 e. The van der Waals surface area contributed by atoms with Gasteiger partial charge in [-0.3, -0.25) is 4.72 Å². The van der Waals surface area contributed by atoms with Gasteiger partial charge >= 0.3 is 10.2 Å². The highest BCUT2D eigenvalue weighted by Crippen LogP contribution is 2.24. The van der Waals surface area contributed by atoms with Crippen LogP contribution in [-0.2, 0) is 16.6 Å². The molecule has 1 aliphatic rings. The lowest BCUT2D eigenvalue weighted by atomic mass is 9.96.